The van der Waals surface area contributed by atoms with Crippen molar-refractivity contribution < 1.29 is 9.34 Å². The summed E-state index contributed by atoms with van der Waals surface area (Å²) in [4.78, 5) is 10.2. The smallest absolute Gasteiger partial charge is 0.324 e. The van der Waals surface area contributed by atoms with Crippen LogP contribution in [0.5, 0.6) is 0 Å². The van der Waals surface area contributed by atoms with Gasteiger partial charge in [0.05, 0.1) is 11.2 Å². The molecule has 0 radical (unpaired) electrons. The summed E-state index contributed by atoms with van der Waals surface area (Å²) in [5.41, 5.74) is 0.847. The molecule has 2 N–H and O–H groups in total. The molecule has 0 saturated heterocycles. The third-order valence-electron chi connectivity index (χ3n) is 2.59. The summed E-state index contributed by atoms with van der Waals surface area (Å²) < 4.78 is 6.56. The average Bonchev–Trinajstić information content (AvgIpc) is 3.17. The Hall–Kier alpha value is -2.33. The van der Waals surface area contributed by atoms with Gasteiger partial charge >= 0.3 is 5.00 Å². The Kier molecular flexibility index (Phi) is 3.62. The van der Waals surface area contributed by atoms with E-state index in [1.165, 1.54) is 22.7 Å². The fraction of sp³-hybridized carbons (Fsp3) is 0.0909. The first-order valence-electron chi connectivity index (χ1n) is 5.74. The molecule has 0 unspecified atom stereocenters. The number of nitro groups is 1. The summed E-state index contributed by atoms with van der Waals surface area (Å²) in [6.07, 6.45) is 1.53. The number of furan rings is 1. The number of rotatable bonds is 5. The molecule has 0 fully saturated rings. The van der Waals surface area contributed by atoms with E-state index in [4.69, 9.17) is 10.3 Å². The average molecular weight is 323 g/mol. The van der Waals surface area contributed by atoms with Crippen LogP contribution < -0.4 is 5.84 Å². The Morgan fingerprint density at radius 3 is 3.05 bits per heavy atom. The van der Waals surface area contributed by atoms with Crippen molar-refractivity contribution in [3.05, 3.63) is 45.5 Å². The van der Waals surface area contributed by atoms with Gasteiger partial charge in [-0.25, -0.2) is 4.68 Å². The predicted molar refractivity (Wildman–Crippen MR) is 78.4 cm³/mol. The number of hydrogen-bond acceptors (Lipinski definition) is 8. The van der Waals surface area contributed by atoms with Crippen molar-refractivity contribution in [1.82, 2.24) is 14.9 Å². The molecule has 0 saturated carbocycles. The Bertz CT molecular complexity index is 765. The largest absolute Gasteiger partial charge is 0.461 e. The first kappa shape index (κ1) is 13.6. The second-order valence-corrected chi connectivity index (χ2v) is 5.82. The van der Waals surface area contributed by atoms with Gasteiger partial charge in [-0.3, -0.25) is 10.1 Å². The van der Waals surface area contributed by atoms with E-state index in [9.17, 15) is 10.1 Å². The zero-order valence-electron chi connectivity index (χ0n) is 10.5. The van der Waals surface area contributed by atoms with Crippen LogP contribution in [0.3, 0.4) is 0 Å². The highest BCUT2D eigenvalue weighted by Gasteiger charge is 2.15. The van der Waals surface area contributed by atoms with Crippen molar-refractivity contribution in [2.45, 2.75) is 10.9 Å². The summed E-state index contributed by atoms with van der Waals surface area (Å²) in [6, 6.07) is 5.02. The zero-order valence-corrected chi connectivity index (χ0v) is 12.1. The van der Waals surface area contributed by atoms with Crippen LogP contribution in [0.15, 0.2) is 39.4 Å². The number of aromatic nitrogens is 3. The number of thioether (sulfide) groups is 1. The molecule has 3 aromatic rings. The van der Waals surface area contributed by atoms with Crippen LogP contribution in [0.4, 0.5) is 5.00 Å². The van der Waals surface area contributed by atoms with Gasteiger partial charge in [-0.1, -0.05) is 23.1 Å². The van der Waals surface area contributed by atoms with Crippen LogP contribution >= 0.6 is 23.1 Å². The Labute approximate surface area is 126 Å². The first-order valence-corrected chi connectivity index (χ1v) is 7.60. The molecule has 0 spiro atoms. The normalized spacial score (nSPS) is 10.9. The highest BCUT2D eigenvalue weighted by atomic mass is 32.2. The van der Waals surface area contributed by atoms with E-state index in [2.05, 4.69) is 10.2 Å². The molecule has 0 bridgehead atoms. The van der Waals surface area contributed by atoms with E-state index in [1.54, 1.807) is 23.6 Å². The van der Waals surface area contributed by atoms with Crippen molar-refractivity contribution in [1.29, 1.82) is 0 Å². The lowest BCUT2D eigenvalue weighted by Crippen LogP contribution is -2.11. The van der Waals surface area contributed by atoms with E-state index in [0.29, 0.717) is 22.5 Å². The van der Waals surface area contributed by atoms with Crippen LogP contribution in [0, 0.1) is 10.1 Å². The second-order valence-electron chi connectivity index (χ2n) is 3.99. The summed E-state index contributed by atoms with van der Waals surface area (Å²) in [5, 5.41) is 21.0. The van der Waals surface area contributed by atoms with Crippen molar-refractivity contribution in [2.75, 3.05) is 5.84 Å². The maximum absolute atomic E-state index is 10.6. The summed E-state index contributed by atoms with van der Waals surface area (Å²) >= 11 is 2.45. The zero-order chi connectivity index (χ0) is 14.8. The number of nitrogens with two attached hydrogens (primary N) is 1. The monoisotopic (exact) mass is 323 g/mol. The van der Waals surface area contributed by atoms with Gasteiger partial charge in [0, 0.05) is 17.2 Å². The minimum absolute atomic E-state index is 0.121. The lowest BCUT2D eigenvalue weighted by atomic mass is 10.4. The summed E-state index contributed by atoms with van der Waals surface area (Å²) in [7, 11) is 0. The van der Waals surface area contributed by atoms with E-state index in [1.807, 2.05) is 0 Å². The molecular formula is C11H9N5O3S2. The fourth-order valence-electron chi connectivity index (χ4n) is 1.63. The van der Waals surface area contributed by atoms with Gasteiger partial charge in [-0.15, -0.1) is 10.2 Å². The quantitative estimate of drug-likeness (QED) is 0.332. The van der Waals surface area contributed by atoms with Crippen LogP contribution in [-0.2, 0) is 5.75 Å². The van der Waals surface area contributed by atoms with Crippen molar-refractivity contribution in [2.24, 2.45) is 0 Å². The number of hydrogen-bond donors (Lipinski definition) is 1. The standard InChI is InChI=1S/C11H9N5O3S2/c12-15-10(8-2-1-3-19-8)13-14-11(15)21-6-7-4-9(16(17)18)20-5-7/h1-5H,6,12H2. The third-order valence-corrected chi connectivity index (χ3v) is 4.54. The molecule has 0 aromatic carbocycles. The fourth-order valence-corrected chi connectivity index (χ4v) is 3.25. The first-order chi connectivity index (χ1) is 10.1. The SMILES string of the molecule is Nn1c(SCc2csc([N+](=O)[O-])c2)nnc1-c1ccco1. The lowest BCUT2D eigenvalue weighted by Gasteiger charge is -2.00. The minimum atomic E-state index is -0.403. The molecule has 8 nitrogen and oxygen atoms in total. The minimum Gasteiger partial charge on any atom is -0.461 e. The molecule has 0 aliphatic carbocycles. The van der Waals surface area contributed by atoms with Crippen LogP contribution in [0.25, 0.3) is 11.6 Å². The molecule has 108 valence electrons. The Morgan fingerprint density at radius 1 is 1.52 bits per heavy atom. The van der Waals surface area contributed by atoms with Gasteiger partial charge in [0.2, 0.25) is 11.0 Å². The topological polar surface area (TPSA) is 113 Å². The van der Waals surface area contributed by atoms with Crippen molar-refractivity contribution in [3.63, 3.8) is 0 Å². The Morgan fingerprint density at radius 2 is 2.38 bits per heavy atom. The summed E-state index contributed by atoms with van der Waals surface area (Å²) in [6.45, 7) is 0. The Balaban J connectivity index is 1.72. The van der Waals surface area contributed by atoms with Crippen molar-refractivity contribution in [3.8, 4) is 11.6 Å². The lowest BCUT2D eigenvalue weighted by molar-refractivity contribution is -0.380. The maximum atomic E-state index is 10.6. The van der Waals surface area contributed by atoms with Gasteiger partial charge in [-0.2, -0.15) is 0 Å². The molecule has 3 rings (SSSR count). The van der Waals surface area contributed by atoms with Crippen LogP contribution in [-0.4, -0.2) is 19.8 Å². The second kappa shape index (κ2) is 5.58. The van der Waals surface area contributed by atoms with Crippen LogP contribution in [0.1, 0.15) is 5.56 Å². The van der Waals surface area contributed by atoms with Gasteiger partial charge < -0.3 is 10.3 Å². The van der Waals surface area contributed by atoms with E-state index in [-0.39, 0.29) is 5.00 Å². The van der Waals surface area contributed by atoms with Crippen LogP contribution in [0.2, 0.25) is 0 Å². The maximum Gasteiger partial charge on any atom is 0.324 e. The highest BCUT2D eigenvalue weighted by molar-refractivity contribution is 7.98. The molecule has 21 heavy (non-hydrogen) atoms. The number of nitrogen functional groups attached to an aromatic ring is 1. The molecule has 0 amide bonds. The van der Waals surface area contributed by atoms with Gasteiger partial charge in [0.15, 0.2) is 5.76 Å². The molecule has 0 aliphatic heterocycles. The molecule has 3 heterocycles. The highest BCUT2D eigenvalue weighted by Crippen LogP contribution is 2.29. The molecule has 0 aliphatic rings. The number of nitrogens with zero attached hydrogens (tertiary/aromatic N) is 4. The third kappa shape index (κ3) is 2.76. The molecule has 10 heteroatoms. The molecule has 3 aromatic heterocycles. The van der Waals surface area contributed by atoms with Crippen molar-refractivity contribution >= 4 is 28.1 Å². The predicted octanol–water partition coefficient (Wildman–Crippen LogP) is 2.51. The van der Waals surface area contributed by atoms with Gasteiger partial charge in [0.1, 0.15) is 0 Å². The van der Waals surface area contributed by atoms with Gasteiger partial charge in [0.25, 0.3) is 0 Å². The summed E-state index contributed by atoms with van der Waals surface area (Å²) in [5.74, 6) is 7.40. The molecule has 0 atom stereocenters. The molecular weight excluding hydrogens is 314 g/mol. The van der Waals surface area contributed by atoms with E-state index in [0.717, 1.165) is 16.9 Å². The van der Waals surface area contributed by atoms with E-state index >= 15 is 0 Å². The van der Waals surface area contributed by atoms with Gasteiger partial charge in [-0.05, 0) is 17.7 Å². The number of thiophene rings is 1. The van der Waals surface area contributed by atoms with E-state index < -0.39 is 4.92 Å².